The van der Waals surface area contributed by atoms with Crippen molar-refractivity contribution >= 4 is 68.9 Å². The molecular weight excluding hydrogens is 585 g/mol. The lowest BCUT2D eigenvalue weighted by Gasteiger charge is -2.12. The predicted octanol–water partition coefficient (Wildman–Crippen LogP) is 5.75. The van der Waals surface area contributed by atoms with E-state index in [0.29, 0.717) is 23.0 Å². The van der Waals surface area contributed by atoms with E-state index in [9.17, 15) is 24.5 Å². The van der Waals surface area contributed by atoms with Crippen molar-refractivity contribution in [1.82, 2.24) is 4.90 Å². The molecule has 35 heavy (non-hydrogen) atoms. The van der Waals surface area contributed by atoms with Gasteiger partial charge in [0.1, 0.15) is 18.1 Å². The molecule has 1 saturated heterocycles. The smallest absolute Gasteiger partial charge is 0.294 e. The van der Waals surface area contributed by atoms with Gasteiger partial charge in [0.25, 0.3) is 16.8 Å². The van der Waals surface area contributed by atoms with Crippen LogP contribution in [0.1, 0.15) is 16.9 Å². The van der Waals surface area contributed by atoms with Crippen LogP contribution < -0.4 is 5.32 Å². The van der Waals surface area contributed by atoms with E-state index in [-0.39, 0.29) is 22.1 Å². The van der Waals surface area contributed by atoms with Crippen LogP contribution in [0.15, 0.2) is 57.9 Å². The molecule has 2 heterocycles. The molecule has 0 unspecified atom stereocenters. The Morgan fingerprint density at radius 1 is 1.14 bits per heavy atom. The minimum absolute atomic E-state index is 0.0894. The van der Waals surface area contributed by atoms with Gasteiger partial charge in [0.2, 0.25) is 5.91 Å². The molecule has 3 aromatic rings. The van der Waals surface area contributed by atoms with Crippen LogP contribution in [0.25, 0.3) is 17.4 Å². The summed E-state index contributed by atoms with van der Waals surface area (Å²) >= 11 is 2.84. The zero-order valence-corrected chi connectivity index (χ0v) is 21.5. The Kier molecular flexibility index (Phi) is 7.08. The van der Waals surface area contributed by atoms with Crippen LogP contribution in [0.5, 0.6) is 0 Å². The molecule has 9 nitrogen and oxygen atoms in total. The number of furan rings is 1. The minimum atomic E-state index is -0.618. The fraction of sp³-hybridized carbons (Fsp3) is 0.125. The topological polar surface area (TPSA) is 123 Å². The standard InChI is InChI=1S/C24H18IN3O6S/c1-13-9-18(19(28(32)33)10-14(13)2)20-8-7-17(34-20)11-21-23(30)27(24(31)35-21)12-22(29)26-16-5-3-15(25)4-6-16/h3-11H,12H2,1-2H3,(H,26,29)/b21-11-. The molecule has 0 aliphatic carbocycles. The summed E-state index contributed by atoms with van der Waals surface area (Å²) in [5.74, 6) is -0.603. The number of hydrogen-bond donors (Lipinski definition) is 1. The molecule has 3 amide bonds. The van der Waals surface area contributed by atoms with Crippen LogP contribution >= 0.6 is 34.4 Å². The Morgan fingerprint density at radius 2 is 1.83 bits per heavy atom. The van der Waals surface area contributed by atoms with E-state index >= 15 is 0 Å². The summed E-state index contributed by atoms with van der Waals surface area (Å²) in [5, 5.41) is 13.6. The van der Waals surface area contributed by atoms with Gasteiger partial charge in [0.05, 0.1) is 15.4 Å². The lowest BCUT2D eigenvalue weighted by molar-refractivity contribution is -0.384. The maximum Gasteiger partial charge on any atom is 0.294 e. The third kappa shape index (κ3) is 5.46. The molecule has 4 rings (SSSR count). The molecule has 1 aromatic heterocycles. The number of rotatable bonds is 6. The number of nitro benzene ring substituents is 1. The Labute approximate surface area is 217 Å². The van der Waals surface area contributed by atoms with Gasteiger partial charge in [-0.3, -0.25) is 29.4 Å². The number of aryl methyl sites for hydroxylation is 2. The summed E-state index contributed by atoms with van der Waals surface area (Å²) in [6.45, 7) is 3.21. The number of benzene rings is 2. The zero-order chi connectivity index (χ0) is 25.3. The molecular formula is C24H18IN3O6S. The number of carbonyl (C=O) groups is 3. The molecule has 1 N–H and O–H groups in total. The molecule has 178 valence electrons. The highest BCUT2D eigenvalue weighted by molar-refractivity contribution is 14.1. The molecule has 0 saturated carbocycles. The molecule has 0 atom stereocenters. The molecule has 11 heteroatoms. The van der Waals surface area contributed by atoms with Crippen molar-refractivity contribution in [2.24, 2.45) is 0 Å². The maximum absolute atomic E-state index is 12.8. The number of halogens is 1. The quantitative estimate of drug-likeness (QED) is 0.165. The molecule has 1 fully saturated rings. The minimum Gasteiger partial charge on any atom is -0.456 e. The van der Waals surface area contributed by atoms with Crippen molar-refractivity contribution in [1.29, 1.82) is 0 Å². The van der Waals surface area contributed by atoms with E-state index in [2.05, 4.69) is 27.9 Å². The maximum atomic E-state index is 12.8. The number of thioether (sulfide) groups is 1. The van der Waals surface area contributed by atoms with Crippen LogP contribution in [0, 0.1) is 27.5 Å². The number of imide groups is 1. The number of hydrogen-bond acceptors (Lipinski definition) is 7. The van der Waals surface area contributed by atoms with Crippen LogP contribution in [-0.2, 0) is 9.59 Å². The first kappa shape index (κ1) is 24.7. The highest BCUT2D eigenvalue weighted by Crippen LogP contribution is 2.36. The van der Waals surface area contributed by atoms with Gasteiger partial charge in [-0.1, -0.05) is 0 Å². The van der Waals surface area contributed by atoms with Gasteiger partial charge in [-0.2, -0.15) is 0 Å². The predicted molar refractivity (Wildman–Crippen MR) is 141 cm³/mol. The van der Waals surface area contributed by atoms with Crippen molar-refractivity contribution < 1.29 is 23.7 Å². The van der Waals surface area contributed by atoms with Crippen LogP contribution in [-0.4, -0.2) is 33.4 Å². The van der Waals surface area contributed by atoms with Crippen molar-refractivity contribution in [2.45, 2.75) is 13.8 Å². The van der Waals surface area contributed by atoms with Crippen molar-refractivity contribution in [3.8, 4) is 11.3 Å². The Morgan fingerprint density at radius 3 is 2.51 bits per heavy atom. The zero-order valence-electron chi connectivity index (χ0n) is 18.5. The number of nitro groups is 1. The highest BCUT2D eigenvalue weighted by atomic mass is 127. The fourth-order valence-corrected chi connectivity index (χ4v) is 4.55. The Balaban J connectivity index is 1.51. The summed E-state index contributed by atoms with van der Waals surface area (Å²) < 4.78 is 6.75. The van der Waals surface area contributed by atoms with E-state index < -0.39 is 28.5 Å². The van der Waals surface area contributed by atoms with Gasteiger partial charge >= 0.3 is 0 Å². The van der Waals surface area contributed by atoms with E-state index in [0.717, 1.165) is 19.6 Å². The number of nitrogens with zero attached hydrogens (tertiary/aromatic N) is 2. The van der Waals surface area contributed by atoms with Gasteiger partial charge in [0.15, 0.2) is 0 Å². The summed E-state index contributed by atoms with van der Waals surface area (Å²) in [6, 6.07) is 13.4. The fourth-order valence-electron chi connectivity index (χ4n) is 3.37. The average Bonchev–Trinajstić information content (AvgIpc) is 3.37. The van der Waals surface area contributed by atoms with Crippen LogP contribution in [0.3, 0.4) is 0 Å². The van der Waals surface area contributed by atoms with Gasteiger partial charge in [-0.25, -0.2) is 0 Å². The van der Waals surface area contributed by atoms with Crippen molar-refractivity contribution in [3.05, 3.63) is 84.0 Å². The highest BCUT2D eigenvalue weighted by Gasteiger charge is 2.36. The SMILES string of the molecule is Cc1cc(-c2ccc(/C=C3\SC(=O)N(CC(=O)Nc4ccc(I)cc4)C3=O)o2)c([N+](=O)[O-])cc1C. The van der Waals surface area contributed by atoms with Crippen LogP contribution in [0.2, 0.25) is 0 Å². The van der Waals surface area contributed by atoms with Gasteiger partial charge in [0, 0.05) is 21.4 Å². The monoisotopic (exact) mass is 603 g/mol. The van der Waals surface area contributed by atoms with Gasteiger partial charge in [-0.15, -0.1) is 0 Å². The normalized spacial score (nSPS) is 14.6. The summed E-state index contributed by atoms with van der Waals surface area (Å²) in [4.78, 5) is 49.5. The van der Waals surface area contributed by atoms with Gasteiger partial charge < -0.3 is 9.73 Å². The van der Waals surface area contributed by atoms with Crippen LogP contribution in [0.4, 0.5) is 16.2 Å². The van der Waals surface area contributed by atoms with Crippen molar-refractivity contribution in [3.63, 3.8) is 0 Å². The molecule has 2 aromatic carbocycles. The number of nitrogens with one attached hydrogen (secondary N) is 1. The number of anilines is 1. The van der Waals surface area contributed by atoms with E-state index in [1.54, 1.807) is 37.3 Å². The number of amides is 3. The first-order valence-electron chi connectivity index (χ1n) is 10.3. The summed E-state index contributed by atoms with van der Waals surface area (Å²) in [5.41, 5.74) is 2.44. The molecule has 0 radical (unpaired) electrons. The molecule has 0 spiro atoms. The third-order valence-electron chi connectivity index (χ3n) is 5.28. The van der Waals surface area contributed by atoms with E-state index in [1.165, 1.54) is 12.1 Å². The summed E-state index contributed by atoms with van der Waals surface area (Å²) in [7, 11) is 0. The molecule has 1 aliphatic heterocycles. The Bertz CT molecular complexity index is 1400. The van der Waals surface area contributed by atoms with Gasteiger partial charge in [-0.05, 0) is 102 Å². The second kappa shape index (κ2) is 10.0. The Hall–Kier alpha value is -3.45. The first-order valence-corrected chi connectivity index (χ1v) is 12.2. The number of carbonyl (C=O) groups excluding carboxylic acids is 3. The molecule has 0 bridgehead atoms. The van der Waals surface area contributed by atoms with E-state index in [4.69, 9.17) is 4.42 Å². The van der Waals surface area contributed by atoms with Crippen molar-refractivity contribution in [2.75, 3.05) is 11.9 Å². The second-order valence-electron chi connectivity index (χ2n) is 7.74. The lowest BCUT2D eigenvalue weighted by Crippen LogP contribution is -2.36. The third-order valence-corrected chi connectivity index (χ3v) is 6.90. The largest absolute Gasteiger partial charge is 0.456 e. The average molecular weight is 603 g/mol. The lowest BCUT2D eigenvalue weighted by atomic mass is 10.0. The van der Waals surface area contributed by atoms with E-state index in [1.807, 2.05) is 19.1 Å². The first-order chi connectivity index (χ1) is 16.6. The second-order valence-corrected chi connectivity index (χ2v) is 9.97. The molecule has 1 aliphatic rings. The summed E-state index contributed by atoms with van der Waals surface area (Å²) in [6.07, 6.45) is 1.39.